The fourth-order valence-corrected chi connectivity index (χ4v) is 3.56. The lowest BCUT2D eigenvalue weighted by atomic mass is 10.1. The van der Waals surface area contributed by atoms with E-state index in [1.807, 2.05) is 72.8 Å². The second kappa shape index (κ2) is 9.18. The van der Waals surface area contributed by atoms with Gasteiger partial charge in [0.2, 0.25) is 5.91 Å². The number of amides is 1. The van der Waals surface area contributed by atoms with E-state index in [2.05, 4.69) is 22.4 Å². The molecule has 0 aliphatic heterocycles. The van der Waals surface area contributed by atoms with Gasteiger partial charge in [-0.25, -0.2) is 4.79 Å². The van der Waals surface area contributed by atoms with Gasteiger partial charge in [-0.15, -0.1) is 0 Å². The Bertz CT molecular complexity index is 1200. The quantitative estimate of drug-likeness (QED) is 0.482. The monoisotopic (exact) mass is 397 g/mol. The number of aryl methyl sites for hydroxylation is 1. The third-order valence-corrected chi connectivity index (χ3v) is 5.04. The maximum Gasteiger partial charge on any atom is 0.349 e. The molecule has 3 aromatic carbocycles. The SMILES string of the molecule is O=C(Cn1c(=O)nc(-c2ccccc2)c2ccccc21)NCCCc1ccccc1. The van der Waals surface area contributed by atoms with Crippen LogP contribution in [0.15, 0.2) is 89.7 Å². The maximum absolute atomic E-state index is 12.7. The van der Waals surface area contributed by atoms with Gasteiger partial charge in [0.15, 0.2) is 0 Å². The van der Waals surface area contributed by atoms with Crippen molar-refractivity contribution >= 4 is 16.8 Å². The van der Waals surface area contributed by atoms with Crippen LogP contribution in [-0.4, -0.2) is 22.0 Å². The average Bonchev–Trinajstić information content (AvgIpc) is 2.80. The molecule has 1 heterocycles. The van der Waals surface area contributed by atoms with E-state index in [0.717, 1.165) is 23.8 Å². The van der Waals surface area contributed by atoms with Crippen LogP contribution in [-0.2, 0) is 17.8 Å². The Morgan fingerprint density at radius 3 is 2.30 bits per heavy atom. The number of hydrogen-bond acceptors (Lipinski definition) is 3. The first-order valence-electron chi connectivity index (χ1n) is 10.1. The van der Waals surface area contributed by atoms with Crippen LogP contribution in [0.4, 0.5) is 0 Å². The van der Waals surface area contributed by atoms with Crippen molar-refractivity contribution in [3.63, 3.8) is 0 Å². The van der Waals surface area contributed by atoms with Crippen LogP contribution in [0.2, 0.25) is 0 Å². The number of fused-ring (bicyclic) bond motifs is 1. The number of carbonyl (C=O) groups is 1. The molecule has 0 spiro atoms. The molecule has 0 aliphatic carbocycles. The van der Waals surface area contributed by atoms with E-state index in [-0.39, 0.29) is 12.5 Å². The summed E-state index contributed by atoms with van der Waals surface area (Å²) in [5.74, 6) is -0.190. The molecule has 0 unspecified atom stereocenters. The predicted octanol–water partition coefficient (Wildman–Crippen LogP) is 3.81. The molecule has 1 aromatic heterocycles. The number of benzene rings is 3. The minimum absolute atomic E-state index is 0.0489. The van der Waals surface area contributed by atoms with E-state index in [9.17, 15) is 9.59 Å². The van der Waals surface area contributed by atoms with E-state index < -0.39 is 5.69 Å². The van der Waals surface area contributed by atoms with Crippen molar-refractivity contribution in [3.05, 3.63) is 101 Å². The molecular formula is C25H23N3O2. The van der Waals surface area contributed by atoms with Crippen LogP contribution in [0.3, 0.4) is 0 Å². The van der Waals surface area contributed by atoms with Gasteiger partial charge in [0.25, 0.3) is 0 Å². The van der Waals surface area contributed by atoms with Gasteiger partial charge < -0.3 is 5.32 Å². The molecule has 1 amide bonds. The van der Waals surface area contributed by atoms with Gasteiger partial charge in [0.1, 0.15) is 6.54 Å². The summed E-state index contributed by atoms with van der Waals surface area (Å²) >= 11 is 0. The van der Waals surface area contributed by atoms with Crippen LogP contribution in [0.25, 0.3) is 22.2 Å². The van der Waals surface area contributed by atoms with Crippen LogP contribution in [0.1, 0.15) is 12.0 Å². The van der Waals surface area contributed by atoms with Crippen molar-refractivity contribution in [2.45, 2.75) is 19.4 Å². The highest BCUT2D eigenvalue weighted by Gasteiger charge is 2.13. The van der Waals surface area contributed by atoms with E-state index in [1.165, 1.54) is 10.1 Å². The number of carbonyl (C=O) groups excluding carboxylic acids is 1. The fourth-order valence-electron chi connectivity index (χ4n) is 3.56. The zero-order chi connectivity index (χ0) is 20.8. The Morgan fingerprint density at radius 1 is 0.867 bits per heavy atom. The average molecular weight is 397 g/mol. The standard InChI is InChI=1S/C25H23N3O2/c29-23(26-17-9-12-19-10-3-1-4-11-19)18-28-22-16-8-7-15-21(22)24(27-25(28)30)20-13-5-2-6-14-20/h1-8,10-11,13-16H,9,12,17-18H2,(H,26,29). The van der Waals surface area contributed by atoms with E-state index in [1.54, 1.807) is 0 Å². The number of aromatic nitrogens is 2. The predicted molar refractivity (Wildman–Crippen MR) is 119 cm³/mol. The molecule has 0 atom stereocenters. The van der Waals surface area contributed by atoms with Crippen molar-refractivity contribution in [3.8, 4) is 11.3 Å². The van der Waals surface area contributed by atoms with E-state index in [4.69, 9.17) is 0 Å². The molecule has 0 saturated heterocycles. The highest BCUT2D eigenvalue weighted by molar-refractivity contribution is 5.93. The highest BCUT2D eigenvalue weighted by atomic mass is 16.2. The minimum atomic E-state index is -0.424. The summed E-state index contributed by atoms with van der Waals surface area (Å²) in [4.78, 5) is 29.5. The summed E-state index contributed by atoms with van der Waals surface area (Å²) in [6, 6.07) is 27.3. The Kier molecular flexibility index (Phi) is 5.99. The molecule has 0 fully saturated rings. The number of hydrogen-bond donors (Lipinski definition) is 1. The summed E-state index contributed by atoms with van der Waals surface area (Å²) in [6.07, 6.45) is 1.74. The molecular weight excluding hydrogens is 374 g/mol. The third-order valence-electron chi connectivity index (χ3n) is 5.04. The first kappa shape index (κ1) is 19.6. The molecule has 1 N–H and O–H groups in total. The van der Waals surface area contributed by atoms with Crippen molar-refractivity contribution in [2.24, 2.45) is 0 Å². The lowest BCUT2D eigenvalue weighted by Crippen LogP contribution is -2.34. The highest BCUT2D eigenvalue weighted by Crippen LogP contribution is 2.24. The second-order valence-corrected chi connectivity index (χ2v) is 7.15. The largest absolute Gasteiger partial charge is 0.355 e. The molecule has 0 bridgehead atoms. The topological polar surface area (TPSA) is 64.0 Å². The first-order chi connectivity index (χ1) is 14.7. The number of rotatable bonds is 7. The number of nitrogens with zero attached hydrogens (tertiary/aromatic N) is 2. The second-order valence-electron chi connectivity index (χ2n) is 7.15. The van der Waals surface area contributed by atoms with Crippen molar-refractivity contribution in [1.82, 2.24) is 14.9 Å². The summed E-state index contributed by atoms with van der Waals surface area (Å²) in [5, 5.41) is 3.76. The van der Waals surface area contributed by atoms with Crippen LogP contribution < -0.4 is 11.0 Å². The summed E-state index contributed by atoms with van der Waals surface area (Å²) in [5.41, 5.74) is 3.04. The van der Waals surface area contributed by atoms with Gasteiger partial charge in [-0.1, -0.05) is 78.9 Å². The Balaban J connectivity index is 1.50. The lowest BCUT2D eigenvalue weighted by molar-refractivity contribution is -0.121. The molecule has 0 radical (unpaired) electrons. The number of para-hydroxylation sites is 1. The molecule has 4 rings (SSSR count). The zero-order valence-electron chi connectivity index (χ0n) is 16.6. The summed E-state index contributed by atoms with van der Waals surface area (Å²) < 4.78 is 1.44. The Morgan fingerprint density at radius 2 is 1.53 bits per heavy atom. The van der Waals surface area contributed by atoms with Gasteiger partial charge in [-0.2, -0.15) is 4.98 Å². The molecule has 0 saturated carbocycles. The van der Waals surface area contributed by atoms with Crippen molar-refractivity contribution in [1.29, 1.82) is 0 Å². The zero-order valence-corrected chi connectivity index (χ0v) is 16.6. The van der Waals surface area contributed by atoms with Gasteiger partial charge in [0.05, 0.1) is 11.2 Å². The van der Waals surface area contributed by atoms with E-state index >= 15 is 0 Å². The van der Waals surface area contributed by atoms with Gasteiger partial charge in [-0.3, -0.25) is 9.36 Å². The summed E-state index contributed by atoms with van der Waals surface area (Å²) in [6.45, 7) is 0.517. The normalized spacial score (nSPS) is 10.8. The Labute approximate surface area is 175 Å². The van der Waals surface area contributed by atoms with Crippen molar-refractivity contribution < 1.29 is 4.79 Å². The maximum atomic E-state index is 12.7. The third kappa shape index (κ3) is 4.46. The molecule has 5 nitrogen and oxygen atoms in total. The van der Waals surface area contributed by atoms with E-state index in [0.29, 0.717) is 17.8 Å². The summed E-state index contributed by atoms with van der Waals surface area (Å²) in [7, 11) is 0. The fraction of sp³-hybridized carbons (Fsp3) is 0.160. The van der Waals surface area contributed by atoms with Crippen LogP contribution >= 0.6 is 0 Å². The molecule has 5 heteroatoms. The first-order valence-corrected chi connectivity index (χ1v) is 10.1. The van der Waals surface area contributed by atoms with Crippen LogP contribution in [0.5, 0.6) is 0 Å². The number of nitrogens with one attached hydrogen (secondary N) is 1. The smallest absolute Gasteiger partial charge is 0.349 e. The molecule has 0 aliphatic rings. The molecule has 4 aromatic rings. The van der Waals surface area contributed by atoms with Gasteiger partial charge >= 0.3 is 5.69 Å². The van der Waals surface area contributed by atoms with Gasteiger partial charge in [-0.05, 0) is 24.5 Å². The Hall–Kier alpha value is -3.73. The molecule has 30 heavy (non-hydrogen) atoms. The van der Waals surface area contributed by atoms with Crippen LogP contribution in [0, 0.1) is 0 Å². The van der Waals surface area contributed by atoms with Gasteiger partial charge in [0, 0.05) is 17.5 Å². The minimum Gasteiger partial charge on any atom is -0.355 e. The lowest BCUT2D eigenvalue weighted by Gasteiger charge is -2.13. The van der Waals surface area contributed by atoms with Crippen molar-refractivity contribution in [2.75, 3.05) is 6.54 Å². The molecule has 150 valence electrons.